The third kappa shape index (κ3) is 20.6. The van der Waals surface area contributed by atoms with Gasteiger partial charge in [-0.05, 0) is 241 Å². The molecule has 0 unspecified atom stereocenters. The summed E-state index contributed by atoms with van der Waals surface area (Å²) in [6.45, 7) is 33.1. The Balaban J connectivity index is 0.000000141. The number of nitrogens with zero attached hydrogens (tertiary/aromatic N) is 5. The minimum absolute atomic E-state index is 0.531. The molecule has 0 aliphatic carbocycles. The van der Waals surface area contributed by atoms with Crippen LogP contribution in [0.5, 0.6) is 0 Å². The van der Waals surface area contributed by atoms with Gasteiger partial charge < -0.3 is 0 Å². The first-order valence-electron chi connectivity index (χ1n) is 40.6. The predicted octanol–water partition coefficient (Wildman–Crippen LogP) is 25.4. The summed E-state index contributed by atoms with van der Waals surface area (Å²) in [6.07, 6.45) is 13.0. The second kappa shape index (κ2) is 38.5. The fourth-order valence-electron chi connectivity index (χ4n) is 14.9. The summed E-state index contributed by atoms with van der Waals surface area (Å²) in [4.78, 5) is 0. The van der Waals surface area contributed by atoms with Gasteiger partial charge in [0.1, 0.15) is 35.2 Å². The van der Waals surface area contributed by atoms with Crippen molar-refractivity contribution in [2.45, 2.75) is 129 Å². The summed E-state index contributed by atoms with van der Waals surface area (Å²) >= 11 is 0. The summed E-state index contributed by atoms with van der Waals surface area (Å²) in [5.41, 5.74) is 43.0. The number of pyridine rings is 5. The van der Waals surface area contributed by atoms with Crippen LogP contribution < -0.4 is 22.8 Å². The van der Waals surface area contributed by atoms with Gasteiger partial charge in [0, 0.05) is 87.5 Å². The van der Waals surface area contributed by atoms with E-state index in [0.717, 1.165) is 12.8 Å². The van der Waals surface area contributed by atoms with Crippen molar-refractivity contribution >= 4 is 0 Å². The lowest BCUT2D eigenvalue weighted by Crippen LogP contribution is -2.30. The van der Waals surface area contributed by atoms with Crippen LogP contribution in [0.3, 0.4) is 0 Å². The highest BCUT2D eigenvalue weighted by Gasteiger charge is 2.21. The quantitative estimate of drug-likeness (QED) is 0.0967. The molecule has 0 radical (unpaired) electrons. The third-order valence-electron chi connectivity index (χ3n) is 22.4. The van der Waals surface area contributed by atoms with Crippen molar-refractivity contribution in [1.82, 2.24) is 0 Å². The first-order valence-corrected chi connectivity index (χ1v) is 40.6. The van der Waals surface area contributed by atoms with Gasteiger partial charge in [0.05, 0.1) is 0 Å². The van der Waals surface area contributed by atoms with Crippen LogP contribution in [0.25, 0.3) is 112 Å². The van der Waals surface area contributed by atoms with Crippen LogP contribution in [0.4, 0.5) is 0 Å². The van der Waals surface area contributed by atoms with Crippen LogP contribution in [0.2, 0.25) is 0 Å². The molecule has 114 heavy (non-hydrogen) atoms. The Hall–Kier alpha value is -12.1. The lowest BCUT2D eigenvalue weighted by Gasteiger charge is -2.15. The van der Waals surface area contributed by atoms with E-state index in [1.807, 2.05) is 6.07 Å². The van der Waals surface area contributed by atoms with E-state index in [1.54, 1.807) is 0 Å². The SMILES string of the molecule is CCc1cc(CC)cc(-c2cc[n+](C)c(-c3ccccc3C)c2)c1.Cc1ccc(-c2ccc(-c3ccccc3C)[n+](C)c2)cc1.Cc1ccccc1-c1cc(-c2cc(C(C)C)cc(C(C)C)c2)cc[n+]1C.Cc1ccccc1-c1cc(-c2cc(C)c(C)c(C)c2)cc[n+]1C.Cc1ccccc1-c1ccc(-c2ccccc2)c[n+]1C. The molecule has 15 rings (SSSR count). The first-order chi connectivity index (χ1) is 54.9. The molecule has 5 nitrogen and oxygen atoms in total. The van der Waals surface area contributed by atoms with Gasteiger partial charge in [-0.25, -0.2) is 22.8 Å². The minimum atomic E-state index is 0.531. The smallest absolute Gasteiger partial charge is 0.201 e. The Labute approximate surface area is 682 Å². The van der Waals surface area contributed by atoms with Gasteiger partial charge in [0.2, 0.25) is 28.5 Å². The van der Waals surface area contributed by atoms with Gasteiger partial charge in [0.15, 0.2) is 31.0 Å². The number of benzene rings is 10. The summed E-state index contributed by atoms with van der Waals surface area (Å²) in [7, 11) is 10.6. The van der Waals surface area contributed by atoms with E-state index in [9.17, 15) is 0 Å². The highest BCUT2D eigenvalue weighted by molar-refractivity contribution is 5.75. The van der Waals surface area contributed by atoms with Crippen LogP contribution in [0.15, 0.2) is 316 Å². The van der Waals surface area contributed by atoms with Gasteiger partial charge in [-0.15, -0.1) is 0 Å². The zero-order valence-corrected chi connectivity index (χ0v) is 71.3. The van der Waals surface area contributed by atoms with E-state index in [-0.39, 0.29) is 0 Å². The van der Waals surface area contributed by atoms with Crippen molar-refractivity contribution in [2.75, 3.05) is 0 Å². The third-order valence-corrected chi connectivity index (χ3v) is 22.4. The fourth-order valence-corrected chi connectivity index (χ4v) is 14.9. The van der Waals surface area contributed by atoms with Gasteiger partial charge in [-0.3, -0.25) is 0 Å². The fraction of sp³-hybridized carbons (Fsp3) is 0.220. The normalized spacial score (nSPS) is 10.9. The molecule has 10 aromatic carbocycles. The molecule has 574 valence electrons. The number of aryl methyl sites for hydroxylation is 15. The molecule has 5 heterocycles. The minimum Gasteiger partial charge on any atom is -0.201 e. The Morgan fingerprint density at radius 3 is 0.851 bits per heavy atom. The number of rotatable bonds is 14. The first kappa shape index (κ1) is 82.9. The maximum absolute atomic E-state index is 2.37. The molecular weight excluding hydrogens is 1380 g/mol. The van der Waals surface area contributed by atoms with E-state index in [0.29, 0.717) is 11.8 Å². The summed E-state index contributed by atoms with van der Waals surface area (Å²) in [6, 6.07) is 103. The van der Waals surface area contributed by atoms with E-state index in [2.05, 4.69) is 472 Å². The molecule has 0 saturated heterocycles. The monoisotopic (exact) mass is 1500 g/mol. The lowest BCUT2D eigenvalue weighted by atomic mass is 9.90. The van der Waals surface area contributed by atoms with E-state index in [1.165, 1.54) is 184 Å². The highest BCUT2D eigenvalue weighted by atomic mass is 14.9. The molecular formula is C109H118N5+5. The van der Waals surface area contributed by atoms with Crippen LogP contribution in [0, 0.1) is 62.3 Å². The Kier molecular flexibility index (Phi) is 28.0. The van der Waals surface area contributed by atoms with Gasteiger partial charge in [-0.1, -0.05) is 241 Å². The molecule has 5 aromatic heterocycles. The van der Waals surface area contributed by atoms with Crippen molar-refractivity contribution in [3.63, 3.8) is 0 Å². The number of hydrogen-bond donors (Lipinski definition) is 0. The zero-order chi connectivity index (χ0) is 81.3. The van der Waals surface area contributed by atoms with Gasteiger partial charge >= 0.3 is 0 Å². The molecule has 0 atom stereocenters. The molecule has 0 saturated carbocycles. The zero-order valence-electron chi connectivity index (χ0n) is 71.3. The predicted molar refractivity (Wildman–Crippen MR) is 482 cm³/mol. The van der Waals surface area contributed by atoms with Gasteiger partial charge in [-0.2, -0.15) is 0 Å². The van der Waals surface area contributed by atoms with Crippen molar-refractivity contribution in [3.05, 3.63) is 388 Å². The van der Waals surface area contributed by atoms with Gasteiger partial charge in [0.25, 0.3) is 0 Å². The van der Waals surface area contributed by atoms with Crippen molar-refractivity contribution in [1.29, 1.82) is 0 Å². The highest BCUT2D eigenvalue weighted by Crippen LogP contribution is 2.35. The summed E-state index contributed by atoms with van der Waals surface area (Å²) in [5, 5.41) is 0. The standard InChI is InChI=1S/C25H30N.C23H26N.C22H24N.C20H20N.C19H18N/c1-17(2)21-13-22(18(3)4)15-23(14-21)20-11-12-26(6)25(16-20)24-10-8-7-9-19(24)5;1-5-18-13-19(6-2)15-21(14-18)20-11-12-24(4)23(16-20)22-10-8-7-9-17(22)3;1-15-8-6-7-9-21(15)22-14-19(10-11-23(22)5)20-12-16(2)18(4)17(3)13-20;1-15-8-10-17(11-9-15)18-12-13-20(21(3)14-18)19-7-5-4-6-16(19)2;1-15-8-6-7-11-18(15)19-13-12-17(14-20(19)2)16-9-4-3-5-10-16/h7-18H,1-6H3;7-16H,5-6H2,1-4H3;6-14H,1-5H3;4-14H,1-3H3;3-14H,1-2H3/q5*+1. The molecule has 5 heteroatoms. The molecule has 0 aliphatic rings. The lowest BCUT2D eigenvalue weighted by molar-refractivity contribution is -0.660. The molecule has 0 spiro atoms. The van der Waals surface area contributed by atoms with Crippen molar-refractivity contribution in [3.8, 4) is 112 Å². The van der Waals surface area contributed by atoms with Crippen LogP contribution in [-0.2, 0) is 48.1 Å². The Morgan fingerprint density at radius 1 is 0.228 bits per heavy atom. The second-order valence-electron chi connectivity index (χ2n) is 31.5. The maximum Gasteiger partial charge on any atom is 0.213 e. The van der Waals surface area contributed by atoms with Crippen LogP contribution >= 0.6 is 0 Å². The topological polar surface area (TPSA) is 19.4 Å². The summed E-state index contributed by atoms with van der Waals surface area (Å²) in [5.74, 6) is 1.06. The molecule has 0 amide bonds. The van der Waals surface area contributed by atoms with E-state index < -0.39 is 0 Å². The summed E-state index contributed by atoms with van der Waals surface area (Å²) < 4.78 is 11.0. The Morgan fingerprint density at radius 2 is 0.526 bits per heavy atom. The molecule has 0 bridgehead atoms. The molecule has 0 aliphatic heterocycles. The van der Waals surface area contributed by atoms with Crippen LogP contribution in [-0.4, -0.2) is 0 Å². The number of hydrogen-bond acceptors (Lipinski definition) is 0. The van der Waals surface area contributed by atoms with Crippen molar-refractivity contribution < 1.29 is 22.8 Å². The Bertz CT molecular complexity index is 5750. The average Bonchev–Trinajstić information content (AvgIpc) is 0.810. The molecule has 15 aromatic rings. The number of aromatic nitrogens is 5. The largest absolute Gasteiger partial charge is 0.213 e. The van der Waals surface area contributed by atoms with E-state index in [4.69, 9.17) is 0 Å². The second-order valence-corrected chi connectivity index (χ2v) is 31.5. The molecule has 0 N–H and O–H groups in total. The molecule has 0 fully saturated rings. The van der Waals surface area contributed by atoms with E-state index >= 15 is 0 Å². The maximum atomic E-state index is 2.37. The average molecular weight is 1500 g/mol. The van der Waals surface area contributed by atoms with Crippen LogP contribution in [0.1, 0.15) is 126 Å². The van der Waals surface area contributed by atoms with Crippen molar-refractivity contribution in [2.24, 2.45) is 35.2 Å².